The number of thiophene rings is 1. The molecule has 6 heteroatoms. The molecule has 0 spiro atoms. The van der Waals surface area contributed by atoms with Crippen molar-refractivity contribution in [3.05, 3.63) is 51.1 Å². The van der Waals surface area contributed by atoms with Crippen molar-refractivity contribution >= 4 is 27.5 Å². The van der Waals surface area contributed by atoms with Crippen molar-refractivity contribution in [2.24, 2.45) is 5.73 Å². The Balaban J connectivity index is 1.89. The van der Waals surface area contributed by atoms with E-state index >= 15 is 0 Å². The lowest BCUT2D eigenvalue weighted by molar-refractivity contribution is -0.118. The number of carbonyl (C=O) groups is 1. The highest BCUT2D eigenvalue weighted by molar-refractivity contribution is 7.18. The Kier molecular flexibility index (Phi) is 4.13. The number of hydrogen-bond acceptors (Lipinski definition) is 4. The Hall–Kier alpha value is -2.47. The first-order valence-corrected chi connectivity index (χ1v) is 9.35. The van der Waals surface area contributed by atoms with Crippen molar-refractivity contribution in [1.29, 1.82) is 0 Å². The normalized spacial score (nSPS) is 13.3. The second-order valence-electron chi connectivity index (χ2n) is 6.37. The van der Waals surface area contributed by atoms with Crippen molar-refractivity contribution in [1.82, 2.24) is 9.55 Å². The second-order valence-corrected chi connectivity index (χ2v) is 7.45. The molecule has 0 bridgehead atoms. The van der Waals surface area contributed by atoms with E-state index in [1.807, 2.05) is 30.3 Å². The lowest BCUT2D eigenvalue weighted by atomic mass is 10.1. The number of primary amides is 1. The van der Waals surface area contributed by atoms with Gasteiger partial charge < -0.3 is 5.73 Å². The van der Waals surface area contributed by atoms with E-state index in [0.717, 1.165) is 35.0 Å². The van der Waals surface area contributed by atoms with Crippen LogP contribution in [0.4, 0.5) is 0 Å². The molecule has 1 amide bonds. The monoisotopic (exact) mass is 353 g/mol. The maximum Gasteiger partial charge on any atom is 0.262 e. The Bertz CT molecular complexity index is 1000. The molecule has 1 aliphatic carbocycles. The molecule has 0 saturated heterocycles. The average Bonchev–Trinajstić information content (AvgIpc) is 3.17. The second kappa shape index (κ2) is 6.44. The fraction of sp³-hybridized carbons (Fsp3) is 0.316. The molecule has 4 rings (SSSR count). The van der Waals surface area contributed by atoms with Gasteiger partial charge in [0.25, 0.3) is 5.56 Å². The molecule has 25 heavy (non-hydrogen) atoms. The number of hydrogen-bond donors (Lipinski definition) is 1. The summed E-state index contributed by atoms with van der Waals surface area (Å²) < 4.78 is 1.71. The summed E-state index contributed by atoms with van der Waals surface area (Å²) in [7, 11) is 0. The van der Waals surface area contributed by atoms with Gasteiger partial charge in [-0.25, -0.2) is 4.98 Å². The van der Waals surface area contributed by atoms with Gasteiger partial charge in [0.15, 0.2) is 0 Å². The minimum atomic E-state index is -0.347. The summed E-state index contributed by atoms with van der Waals surface area (Å²) in [6, 6.07) is 9.73. The van der Waals surface area contributed by atoms with E-state index < -0.39 is 0 Å². The minimum absolute atomic E-state index is 0.00715. The first-order chi connectivity index (χ1) is 12.1. The van der Waals surface area contributed by atoms with Crippen molar-refractivity contribution in [3.63, 3.8) is 0 Å². The lowest BCUT2D eigenvalue weighted by Crippen LogP contribution is -2.24. The number of aromatic nitrogens is 2. The van der Waals surface area contributed by atoms with Crippen molar-refractivity contribution < 1.29 is 4.79 Å². The molecular formula is C19H19N3O2S. The van der Waals surface area contributed by atoms with E-state index in [9.17, 15) is 9.59 Å². The van der Waals surface area contributed by atoms with E-state index in [1.165, 1.54) is 10.4 Å². The van der Waals surface area contributed by atoms with E-state index in [-0.39, 0.29) is 17.9 Å². The standard InChI is InChI=1S/C19H19N3O2S/c20-15(23)10-5-11-22-17(12-6-2-1-3-7-12)21-18-16(19(22)24)13-8-4-9-14(13)25-18/h1-3,6-7H,4-5,8-11H2,(H2,20,23). The molecule has 2 N–H and O–H groups in total. The lowest BCUT2D eigenvalue weighted by Gasteiger charge is -2.12. The number of nitrogens with two attached hydrogens (primary N) is 1. The maximum atomic E-state index is 13.2. The third kappa shape index (κ3) is 2.87. The van der Waals surface area contributed by atoms with Gasteiger partial charge in [-0.3, -0.25) is 14.2 Å². The van der Waals surface area contributed by atoms with Gasteiger partial charge in [-0.05, 0) is 31.2 Å². The molecule has 0 atom stereocenters. The number of nitrogens with zero attached hydrogens (tertiary/aromatic N) is 2. The highest BCUT2D eigenvalue weighted by Crippen LogP contribution is 2.35. The fourth-order valence-corrected chi connectivity index (χ4v) is 4.76. The summed E-state index contributed by atoms with van der Waals surface area (Å²) >= 11 is 1.65. The zero-order chi connectivity index (χ0) is 17.4. The molecule has 2 aromatic heterocycles. The van der Waals surface area contributed by atoms with Crippen LogP contribution < -0.4 is 11.3 Å². The van der Waals surface area contributed by atoms with Crippen molar-refractivity contribution in [3.8, 4) is 11.4 Å². The van der Waals surface area contributed by atoms with Crippen LogP contribution in [-0.4, -0.2) is 15.5 Å². The highest BCUT2D eigenvalue weighted by atomic mass is 32.1. The van der Waals surface area contributed by atoms with Crippen LogP contribution in [0.3, 0.4) is 0 Å². The molecule has 0 fully saturated rings. The number of fused-ring (bicyclic) bond motifs is 3. The maximum absolute atomic E-state index is 13.2. The fourth-order valence-electron chi connectivity index (χ4n) is 3.50. The van der Waals surface area contributed by atoms with E-state index in [1.54, 1.807) is 15.9 Å². The Morgan fingerprint density at radius 2 is 2.04 bits per heavy atom. The van der Waals surface area contributed by atoms with Crippen molar-refractivity contribution in [2.45, 2.75) is 38.6 Å². The minimum Gasteiger partial charge on any atom is -0.370 e. The van der Waals surface area contributed by atoms with E-state index in [0.29, 0.717) is 18.8 Å². The Morgan fingerprint density at radius 3 is 2.80 bits per heavy atom. The smallest absolute Gasteiger partial charge is 0.262 e. The van der Waals surface area contributed by atoms with E-state index in [2.05, 4.69) is 0 Å². The number of benzene rings is 1. The summed E-state index contributed by atoms with van der Waals surface area (Å²) in [4.78, 5) is 31.3. The molecule has 5 nitrogen and oxygen atoms in total. The first-order valence-electron chi connectivity index (χ1n) is 8.54. The quantitative estimate of drug-likeness (QED) is 0.766. The van der Waals surface area contributed by atoms with Crippen LogP contribution in [0.15, 0.2) is 35.1 Å². The van der Waals surface area contributed by atoms with Gasteiger partial charge >= 0.3 is 0 Å². The van der Waals surface area contributed by atoms with E-state index in [4.69, 9.17) is 10.7 Å². The Labute approximate surface area is 149 Å². The van der Waals surface area contributed by atoms with Gasteiger partial charge in [-0.1, -0.05) is 30.3 Å². The number of aryl methyl sites for hydroxylation is 2. The Morgan fingerprint density at radius 1 is 1.24 bits per heavy atom. The molecule has 3 aromatic rings. The predicted molar refractivity (Wildman–Crippen MR) is 99.8 cm³/mol. The molecule has 0 saturated carbocycles. The third-order valence-corrected chi connectivity index (χ3v) is 5.85. The van der Waals surface area contributed by atoms with Crippen molar-refractivity contribution in [2.75, 3.05) is 0 Å². The number of rotatable bonds is 5. The van der Waals surface area contributed by atoms with Crippen LogP contribution in [0.1, 0.15) is 29.7 Å². The van der Waals surface area contributed by atoms with Crippen LogP contribution >= 0.6 is 11.3 Å². The van der Waals surface area contributed by atoms with Gasteiger partial charge in [0, 0.05) is 23.4 Å². The molecule has 1 aliphatic rings. The van der Waals surface area contributed by atoms with Crippen LogP contribution in [0.25, 0.3) is 21.6 Å². The molecule has 128 valence electrons. The summed E-state index contributed by atoms with van der Waals surface area (Å²) in [5.74, 6) is 0.322. The largest absolute Gasteiger partial charge is 0.370 e. The topological polar surface area (TPSA) is 78.0 Å². The molecule has 2 heterocycles. The van der Waals surface area contributed by atoms with Gasteiger partial charge in [-0.15, -0.1) is 11.3 Å². The zero-order valence-electron chi connectivity index (χ0n) is 13.8. The van der Waals surface area contributed by atoms with Crippen LogP contribution in [0, 0.1) is 0 Å². The molecule has 0 unspecified atom stereocenters. The zero-order valence-corrected chi connectivity index (χ0v) is 14.6. The molecular weight excluding hydrogens is 334 g/mol. The summed E-state index contributed by atoms with van der Waals surface area (Å²) in [5, 5.41) is 0.774. The van der Waals surface area contributed by atoms with Gasteiger partial charge in [0.05, 0.1) is 5.39 Å². The van der Waals surface area contributed by atoms with Gasteiger partial charge in [0.2, 0.25) is 5.91 Å². The first kappa shape index (κ1) is 16.0. The summed E-state index contributed by atoms with van der Waals surface area (Å²) in [5.41, 5.74) is 7.35. The van der Waals surface area contributed by atoms with Crippen LogP contribution in [0.5, 0.6) is 0 Å². The average molecular weight is 353 g/mol. The number of carbonyl (C=O) groups excluding carboxylic acids is 1. The summed E-state index contributed by atoms with van der Waals surface area (Å²) in [6.45, 7) is 0.444. The molecule has 0 aliphatic heterocycles. The molecule has 1 aromatic carbocycles. The van der Waals surface area contributed by atoms with Gasteiger partial charge in [-0.2, -0.15) is 0 Å². The molecule has 0 radical (unpaired) electrons. The summed E-state index contributed by atoms with van der Waals surface area (Å²) in [6.07, 6.45) is 3.91. The predicted octanol–water partition coefficient (Wildman–Crippen LogP) is 2.88. The highest BCUT2D eigenvalue weighted by Gasteiger charge is 2.23. The SMILES string of the molecule is NC(=O)CCCn1c(-c2ccccc2)nc2sc3c(c2c1=O)CCC3. The van der Waals surface area contributed by atoms with Gasteiger partial charge in [0.1, 0.15) is 10.7 Å². The third-order valence-electron chi connectivity index (χ3n) is 4.66. The van der Waals surface area contributed by atoms with Crippen LogP contribution in [-0.2, 0) is 24.2 Å². The number of amides is 1. The van der Waals surface area contributed by atoms with Crippen LogP contribution in [0.2, 0.25) is 0 Å².